The fourth-order valence-corrected chi connectivity index (χ4v) is 2.25. The summed E-state index contributed by atoms with van der Waals surface area (Å²) in [5.41, 5.74) is 1.78. The highest BCUT2D eigenvalue weighted by Crippen LogP contribution is 2.28. The predicted molar refractivity (Wildman–Crippen MR) is 70.9 cm³/mol. The van der Waals surface area contributed by atoms with Crippen LogP contribution in [0.2, 0.25) is 0 Å². The third kappa shape index (κ3) is 1.73. The maximum absolute atomic E-state index is 11.8. The van der Waals surface area contributed by atoms with Crippen molar-refractivity contribution in [1.82, 2.24) is 9.97 Å². The van der Waals surface area contributed by atoms with Crippen molar-refractivity contribution in [2.75, 3.05) is 0 Å². The number of carbonyl (C=O) groups is 2. The molecule has 0 unspecified atom stereocenters. The molecule has 0 bridgehead atoms. The Balaban J connectivity index is 2.23. The van der Waals surface area contributed by atoms with Gasteiger partial charge in [0.25, 0.3) is 0 Å². The predicted octanol–water partition coefficient (Wildman–Crippen LogP) is 2.42. The van der Waals surface area contributed by atoms with Crippen molar-refractivity contribution in [2.45, 2.75) is 0 Å². The van der Waals surface area contributed by atoms with Crippen molar-refractivity contribution in [2.24, 2.45) is 0 Å². The van der Waals surface area contributed by atoms with E-state index in [1.165, 1.54) is 18.2 Å². The number of allylic oxidation sites excluding steroid dienone is 4. The molecule has 0 radical (unpaired) electrons. The molecule has 18 heavy (non-hydrogen) atoms. The van der Waals surface area contributed by atoms with E-state index in [2.05, 4.69) is 25.9 Å². The zero-order valence-electron chi connectivity index (χ0n) is 9.11. The van der Waals surface area contributed by atoms with Crippen molar-refractivity contribution < 1.29 is 9.59 Å². The highest BCUT2D eigenvalue weighted by molar-refractivity contribution is 9.10. The van der Waals surface area contributed by atoms with Crippen LogP contribution in [0.3, 0.4) is 0 Å². The molecule has 0 saturated heterocycles. The van der Waals surface area contributed by atoms with Crippen LogP contribution in [0.25, 0.3) is 16.6 Å². The first-order valence-electron chi connectivity index (χ1n) is 5.26. The first-order chi connectivity index (χ1) is 8.65. The number of aromatic amines is 1. The van der Waals surface area contributed by atoms with Gasteiger partial charge in [0.15, 0.2) is 11.6 Å². The molecule has 3 rings (SSSR count). The second kappa shape index (κ2) is 4.03. The van der Waals surface area contributed by atoms with Crippen molar-refractivity contribution in [3.63, 3.8) is 0 Å². The molecule has 1 aliphatic rings. The third-order valence-electron chi connectivity index (χ3n) is 2.74. The SMILES string of the molecule is O=C1C=CC(=O)C(c2c[nH]c3ncc(Br)cc23)=C1. The number of pyridine rings is 1. The van der Waals surface area contributed by atoms with Crippen molar-refractivity contribution in [1.29, 1.82) is 0 Å². The van der Waals surface area contributed by atoms with Gasteiger partial charge in [0.05, 0.1) is 0 Å². The lowest BCUT2D eigenvalue weighted by molar-refractivity contribution is -0.113. The lowest BCUT2D eigenvalue weighted by Crippen LogP contribution is -2.06. The van der Waals surface area contributed by atoms with E-state index >= 15 is 0 Å². The number of nitrogens with one attached hydrogen (secondary N) is 1. The lowest BCUT2D eigenvalue weighted by Gasteiger charge is -2.05. The Kier molecular flexibility index (Phi) is 2.48. The van der Waals surface area contributed by atoms with E-state index in [0.717, 1.165) is 9.86 Å². The average molecular weight is 303 g/mol. The van der Waals surface area contributed by atoms with E-state index in [-0.39, 0.29) is 11.6 Å². The van der Waals surface area contributed by atoms with Crippen LogP contribution >= 0.6 is 15.9 Å². The monoisotopic (exact) mass is 302 g/mol. The highest BCUT2D eigenvalue weighted by Gasteiger charge is 2.18. The van der Waals surface area contributed by atoms with Crippen LogP contribution in [0.4, 0.5) is 0 Å². The Morgan fingerprint density at radius 1 is 1.22 bits per heavy atom. The van der Waals surface area contributed by atoms with Crippen molar-refractivity contribution >= 4 is 44.1 Å². The third-order valence-corrected chi connectivity index (χ3v) is 3.17. The fraction of sp³-hybridized carbons (Fsp3) is 0. The number of halogens is 1. The Hall–Kier alpha value is -2.01. The molecule has 4 nitrogen and oxygen atoms in total. The van der Waals surface area contributed by atoms with E-state index in [0.29, 0.717) is 16.8 Å². The van der Waals surface area contributed by atoms with Gasteiger partial charge < -0.3 is 4.98 Å². The summed E-state index contributed by atoms with van der Waals surface area (Å²) in [5, 5.41) is 0.812. The summed E-state index contributed by atoms with van der Waals surface area (Å²) < 4.78 is 0.821. The zero-order chi connectivity index (χ0) is 12.7. The quantitative estimate of drug-likeness (QED) is 0.823. The molecule has 2 heterocycles. The minimum atomic E-state index is -0.179. The molecule has 88 valence electrons. The van der Waals surface area contributed by atoms with Crippen LogP contribution in [-0.2, 0) is 9.59 Å². The molecule has 5 heteroatoms. The lowest BCUT2D eigenvalue weighted by atomic mass is 9.96. The number of rotatable bonds is 1. The molecule has 0 amide bonds. The van der Waals surface area contributed by atoms with Crippen molar-refractivity contribution in [3.05, 3.63) is 46.7 Å². The minimum Gasteiger partial charge on any atom is -0.346 e. The maximum atomic E-state index is 11.8. The minimum absolute atomic E-state index is 0.171. The van der Waals surface area contributed by atoms with Gasteiger partial charge in [-0.2, -0.15) is 0 Å². The maximum Gasteiger partial charge on any atom is 0.186 e. The van der Waals surface area contributed by atoms with Crippen molar-refractivity contribution in [3.8, 4) is 0 Å². The number of H-pyrrole nitrogens is 1. The summed E-state index contributed by atoms with van der Waals surface area (Å²) in [6, 6.07) is 1.87. The Bertz CT molecular complexity index is 741. The number of carbonyl (C=O) groups excluding carboxylic acids is 2. The fourth-order valence-electron chi connectivity index (χ4n) is 1.92. The van der Waals surface area contributed by atoms with E-state index in [1.807, 2.05) is 6.07 Å². The van der Waals surface area contributed by atoms with Gasteiger partial charge in [0.2, 0.25) is 0 Å². The summed E-state index contributed by atoms with van der Waals surface area (Å²) in [4.78, 5) is 30.4. The van der Waals surface area contributed by atoms with Gasteiger partial charge in [-0.05, 0) is 40.2 Å². The van der Waals surface area contributed by atoms with Gasteiger partial charge in [-0.15, -0.1) is 0 Å². The molecule has 0 saturated carbocycles. The van der Waals surface area contributed by atoms with Crippen LogP contribution < -0.4 is 0 Å². The van der Waals surface area contributed by atoms with E-state index < -0.39 is 0 Å². The summed E-state index contributed by atoms with van der Waals surface area (Å²) in [5.74, 6) is -0.350. The zero-order valence-corrected chi connectivity index (χ0v) is 10.7. The average Bonchev–Trinajstić information content (AvgIpc) is 2.75. The van der Waals surface area contributed by atoms with Gasteiger partial charge in [-0.3, -0.25) is 9.59 Å². The van der Waals surface area contributed by atoms with E-state index in [9.17, 15) is 9.59 Å². The summed E-state index contributed by atoms with van der Waals surface area (Å²) in [6.45, 7) is 0. The molecular formula is C13H7BrN2O2. The summed E-state index contributed by atoms with van der Waals surface area (Å²) >= 11 is 3.34. The first kappa shape index (κ1) is 11.1. The Labute approximate surface area is 111 Å². The largest absolute Gasteiger partial charge is 0.346 e. The van der Waals surface area contributed by atoms with Crippen LogP contribution in [0.1, 0.15) is 5.56 Å². The Morgan fingerprint density at radius 2 is 2.06 bits per heavy atom. The number of hydrogen-bond acceptors (Lipinski definition) is 3. The number of ketones is 2. The number of hydrogen-bond donors (Lipinski definition) is 1. The van der Waals surface area contributed by atoms with Gasteiger partial charge in [-0.1, -0.05) is 0 Å². The molecule has 1 N–H and O–H groups in total. The molecule has 0 aliphatic heterocycles. The normalized spacial score (nSPS) is 15.3. The second-order valence-electron chi connectivity index (χ2n) is 3.91. The molecule has 0 fully saturated rings. The number of fused-ring (bicyclic) bond motifs is 1. The Morgan fingerprint density at radius 3 is 2.89 bits per heavy atom. The highest BCUT2D eigenvalue weighted by atomic mass is 79.9. The number of aromatic nitrogens is 2. The smallest absolute Gasteiger partial charge is 0.186 e. The van der Waals surface area contributed by atoms with Crippen LogP contribution in [0.5, 0.6) is 0 Å². The van der Waals surface area contributed by atoms with Gasteiger partial charge in [0, 0.05) is 33.4 Å². The molecule has 2 aromatic rings. The second-order valence-corrected chi connectivity index (χ2v) is 4.83. The first-order valence-corrected chi connectivity index (χ1v) is 6.05. The summed E-state index contributed by atoms with van der Waals surface area (Å²) in [7, 11) is 0. The topological polar surface area (TPSA) is 62.8 Å². The van der Waals surface area contributed by atoms with Crippen LogP contribution in [0, 0.1) is 0 Å². The standard InChI is InChI=1S/C13H7BrN2O2/c14-7-3-10-11(6-16-13(10)15-5-7)9-4-8(17)1-2-12(9)18/h1-6H,(H,15,16). The molecule has 2 aromatic heterocycles. The van der Waals surface area contributed by atoms with Crippen LogP contribution in [-0.4, -0.2) is 21.5 Å². The molecule has 1 aliphatic carbocycles. The van der Waals surface area contributed by atoms with Gasteiger partial charge >= 0.3 is 0 Å². The molecule has 0 spiro atoms. The van der Waals surface area contributed by atoms with E-state index in [1.54, 1.807) is 12.4 Å². The summed E-state index contributed by atoms with van der Waals surface area (Å²) in [6.07, 6.45) is 7.29. The van der Waals surface area contributed by atoms with E-state index in [4.69, 9.17) is 0 Å². The number of nitrogens with zero attached hydrogens (tertiary/aromatic N) is 1. The van der Waals surface area contributed by atoms with Gasteiger partial charge in [0.1, 0.15) is 5.65 Å². The molecular weight excluding hydrogens is 296 g/mol. The molecule has 0 atom stereocenters. The molecule has 0 aromatic carbocycles. The van der Waals surface area contributed by atoms with Crippen LogP contribution in [0.15, 0.2) is 41.2 Å². The van der Waals surface area contributed by atoms with Gasteiger partial charge in [-0.25, -0.2) is 4.98 Å².